The smallest absolute Gasteiger partial charge is 0.258 e. The van der Waals surface area contributed by atoms with Crippen molar-refractivity contribution >= 4 is 11.6 Å². The molecule has 4 aromatic rings. The molecule has 2 aliphatic heterocycles. The highest BCUT2D eigenvalue weighted by Gasteiger charge is 2.50. The van der Waals surface area contributed by atoms with Crippen LogP contribution in [0.3, 0.4) is 0 Å². The van der Waals surface area contributed by atoms with E-state index in [1.807, 2.05) is 54.6 Å². The molecular formula is C27H23FN4O2. The van der Waals surface area contributed by atoms with Crippen LogP contribution in [0.4, 0.5) is 10.1 Å². The zero-order chi connectivity index (χ0) is 23.3. The van der Waals surface area contributed by atoms with Crippen LogP contribution in [0.1, 0.15) is 33.5 Å². The van der Waals surface area contributed by atoms with Gasteiger partial charge in [0.1, 0.15) is 6.33 Å². The Morgan fingerprint density at radius 2 is 1.76 bits per heavy atom. The van der Waals surface area contributed by atoms with Crippen molar-refractivity contribution in [1.29, 1.82) is 0 Å². The first-order chi connectivity index (χ1) is 16.6. The van der Waals surface area contributed by atoms with Gasteiger partial charge in [-0.3, -0.25) is 4.79 Å². The molecule has 3 heterocycles. The van der Waals surface area contributed by atoms with E-state index in [2.05, 4.69) is 28.4 Å². The van der Waals surface area contributed by atoms with Crippen LogP contribution < -0.4 is 4.90 Å². The number of nitrogens with zero attached hydrogens (tertiary/aromatic N) is 4. The van der Waals surface area contributed by atoms with E-state index >= 15 is 4.39 Å². The average Bonchev–Trinajstić information content (AvgIpc) is 3.42. The fourth-order valence-electron chi connectivity index (χ4n) is 4.96. The summed E-state index contributed by atoms with van der Waals surface area (Å²) in [5.74, 6) is 0.222. The van der Waals surface area contributed by atoms with Crippen LogP contribution in [0.25, 0.3) is 11.1 Å². The molecule has 170 valence electrons. The molecule has 2 aliphatic rings. The number of halogens is 1. The predicted octanol–water partition coefficient (Wildman–Crippen LogP) is 4.62. The molecule has 0 spiro atoms. The summed E-state index contributed by atoms with van der Waals surface area (Å²) in [6, 6.07) is 23.5. The minimum absolute atomic E-state index is 0.0473. The van der Waals surface area contributed by atoms with E-state index in [0.717, 1.165) is 27.9 Å². The number of anilines is 1. The van der Waals surface area contributed by atoms with Crippen molar-refractivity contribution in [3.05, 3.63) is 102 Å². The maximum absolute atomic E-state index is 15.8. The van der Waals surface area contributed by atoms with E-state index < -0.39 is 11.6 Å². The summed E-state index contributed by atoms with van der Waals surface area (Å²) in [5, 5.41) is 7.82. The van der Waals surface area contributed by atoms with Crippen LogP contribution in [0.15, 0.2) is 79.1 Å². The van der Waals surface area contributed by atoms with Crippen molar-refractivity contribution in [2.45, 2.75) is 18.1 Å². The zero-order valence-electron chi connectivity index (χ0n) is 18.7. The second-order valence-corrected chi connectivity index (χ2v) is 8.95. The third-order valence-electron chi connectivity index (χ3n) is 6.96. The Bertz CT molecular complexity index is 1380. The second kappa shape index (κ2) is 7.88. The van der Waals surface area contributed by atoms with Gasteiger partial charge in [-0.05, 0) is 40.5 Å². The van der Waals surface area contributed by atoms with E-state index in [1.165, 1.54) is 6.33 Å². The zero-order valence-corrected chi connectivity index (χ0v) is 18.7. The second-order valence-electron chi connectivity index (χ2n) is 8.95. The standard InChI is InChI=1S/C27H23FN4O2/c1-31-17-29-30-25(31)24(28)27(15-34-16-27)19-9-5-10-20(13-19)32-14-23-21(18-7-3-2-4-8-18)11-6-12-22(23)26(32)33/h2-13,17,24H,14-16H2,1H3/t24-/m0/s1. The third-order valence-corrected chi connectivity index (χ3v) is 6.96. The van der Waals surface area contributed by atoms with Gasteiger partial charge >= 0.3 is 0 Å². The van der Waals surface area contributed by atoms with Gasteiger partial charge in [0.05, 0.1) is 25.2 Å². The van der Waals surface area contributed by atoms with Crippen molar-refractivity contribution in [3.63, 3.8) is 0 Å². The number of ether oxygens (including phenoxy) is 1. The third kappa shape index (κ3) is 3.08. The molecule has 0 N–H and O–H groups in total. The van der Waals surface area contributed by atoms with E-state index in [4.69, 9.17) is 4.74 Å². The summed E-state index contributed by atoms with van der Waals surface area (Å²) in [7, 11) is 1.73. The van der Waals surface area contributed by atoms with Crippen molar-refractivity contribution in [1.82, 2.24) is 14.8 Å². The molecule has 0 radical (unpaired) electrons. The minimum atomic E-state index is -1.37. The number of benzene rings is 3. The lowest BCUT2D eigenvalue weighted by Gasteiger charge is -2.43. The number of hydrogen-bond acceptors (Lipinski definition) is 4. The van der Waals surface area contributed by atoms with Crippen molar-refractivity contribution in [3.8, 4) is 11.1 Å². The number of fused-ring (bicyclic) bond motifs is 1. The predicted molar refractivity (Wildman–Crippen MR) is 126 cm³/mol. The quantitative estimate of drug-likeness (QED) is 0.442. The first-order valence-corrected chi connectivity index (χ1v) is 11.2. The molecule has 1 amide bonds. The fraction of sp³-hybridized carbons (Fsp3) is 0.222. The largest absolute Gasteiger partial charge is 0.379 e. The number of aromatic nitrogens is 3. The first kappa shape index (κ1) is 20.7. The lowest BCUT2D eigenvalue weighted by atomic mass is 9.74. The van der Waals surface area contributed by atoms with Crippen LogP contribution in [0.2, 0.25) is 0 Å². The van der Waals surface area contributed by atoms with E-state index in [-0.39, 0.29) is 24.9 Å². The molecule has 1 fully saturated rings. The van der Waals surface area contributed by atoms with Gasteiger partial charge in [-0.1, -0.05) is 54.6 Å². The number of carbonyl (C=O) groups excluding carboxylic acids is 1. The Hall–Kier alpha value is -3.84. The highest BCUT2D eigenvalue weighted by Crippen LogP contribution is 2.46. The van der Waals surface area contributed by atoms with Gasteiger partial charge in [0, 0.05) is 18.3 Å². The van der Waals surface area contributed by atoms with E-state index in [9.17, 15) is 4.79 Å². The van der Waals surface area contributed by atoms with Gasteiger partial charge in [0.2, 0.25) is 0 Å². The number of rotatable bonds is 5. The molecule has 3 aromatic carbocycles. The van der Waals surface area contributed by atoms with Crippen LogP contribution >= 0.6 is 0 Å². The molecule has 0 aliphatic carbocycles. The van der Waals surface area contributed by atoms with Gasteiger partial charge in [-0.2, -0.15) is 0 Å². The SMILES string of the molecule is Cn1cnnc1[C@H](F)C1(c2cccc(N3Cc4c(cccc4-c4ccccc4)C3=O)c2)COC1. The lowest BCUT2D eigenvalue weighted by molar-refractivity contribution is -0.102. The number of aryl methyl sites for hydroxylation is 1. The van der Waals surface area contributed by atoms with Crippen LogP contribution in [-0.4, -0.2) is 33.9 Å². The molecule has 7 heteroatoms. The molecule has 34 heavy (non-hydrogen) atoms. The normalized spacial score (nSPS) is 17.4. The maximum Gasteiger partial charge on any atom is 0.258 e. The molecule has 0 bridgehead atoms. The monoisotopic (exact) mass is 454 g/mol. The molecule has 1 saturated heterocycles. The molecular weight excluding hydrogens is 431 g/mol. The fourth-order valence-corrected chi connectivity index (χ4v) is 4.96. The summed E-state index contributed by atoms with van der Waals surface area (Å²) in [6.45, 7) is 0.960. The maximum atomic E-state index is 15.8. The number of amides is 1. The summed E-state index contributed by atoms with van der Waals surface area (Å²) in [4.78, 5) is 15.2. The van der Waals surface area contributed by atoms with Crippen molar-refractivity contribution in [2.24, 2.45) is 7.05 Å². The van der Waals surface area contributed by atoms with Crippen LogP contribution in [0, 0.1) is 0 Å². The van der Waals surface area contributed by atoms with Crippen LogP contribution in [0.5, 0.6) is 0 Å². The summed E-state index contributed by atoms with van der Waals surface area (Å²) < 4.78 is 22.8. The summed E-state index contributed by atoms with van der Waals surface area (Å²) in [6.07, 6.45) is 0.121. The molecule has 1 aromatic heterocycles. The number of alkyl halides is 1. The van der Waals surface area contributed by atoms with E-state index in [1.54, 1.807) is 16.5 Å². The molecule has 6 rings (SSSR count). The molecule has 0 saturated carbocycles. The average molecular weight is 455 g/mol. The summed E-state index contributed by atoms with van der Waals surface area (Å²) in [5.41, 5.74) is 4.52. The molecule has 6 nitrogen and oxygen atoms in total. The first-order valence-electron chi connectivity index (χ1n) is 11.2. The Kier molecular flexibility index (Phi) is 4.81. The Balaban J connectivity index is 1.36. The molecule has 1 atom stereocenters. The van der Waals surface area contributed by atoms with Gasteiger partial charge in [-0.25, -0.2) is 4.39 Å². The van der Waals surface area contributed by atoms with Gasteiger partial charge < -0.3 is 14.2 Å². The Labute approximate surface area is 196 Å². The summed E-state index contributed by atoms with van der Waals surface area (Å²) >= 11 is 0. The topological polar surface area (TPSA) is 60.2 Å². The van der Waals surface area contributed by atoms with Gasteiger partial charge in [0.25, 0.3) is 5.91 Å². The minimum Gasteiger partial charge on any atom is -0.379 e. The Morgan fingerprint density at radius 1 is 1.00 bits per heavy atom. The molecule has 0 unspecified atom stereocenters. The highest BCUT2D eigenvalue weighted by atomic mass is 19.1. The van der Waals surface area contributed by atoms with E-state index in [0.29, 0.717) is 12.1 Å². The lowest BCUT2D eigenvalue weighted by Crippen LogP contribution is -2.50. The van der Waals surface area contributed by atoms with Crippen LogP contribution in [-0.2, 0) is 23.7 Å². The van der Waals surface area contributed by atoms with Crippen molar-refractivity contribution in [2.75, 3.05) is 18.1 Å². The highest BCUT2D eigenvalue weighted by molar-refractivity contribution is 6.11. The van der Waals surface area contributed by atoms with Gasteiger partial charge in [0.15, 0.2) is 12.0 Å². The van der Waals surface area contributed by atoms with Crippen molar-refractivity contribution < 1.29 is 13.9 Å². The Morgan fingerprint density at radius 3 is 2.47 bits per heavy atom. The number of carbonyl (C=O) groups is 1. The number of hydrogen-bond donors (Lipinski definition) is 0. The van der Waals surface area contributed by atoms with Gasteiger partial charge in [-0.15, -0.1) is 10.2 Å².